The predicted molar refractivity (Wildman–Crippen MR) is 127 cm³/mol. The summed E-state index contributed by atoms with van der Waals surface area (Å²) in [6.07, 6.45) is 6.11. The molecular weight excluding hydrogens is 420 g/mol. The number of hydrogen-bond donors (Lipinski definition) is 2. The second-order valence-electron chi connectivity index (χ2n) is 7.13. The molecule has 0 heterocycles. The van der Waals surface area contributed by atoms with E-state index in [2.05, 4.69) is 20.8 Å². The summed E-state index contributed by atoms with van der Waals surface area (Å²) in [6, 6.07) is 13.2. The Bertz CT molecular complexity index is 836. The molecule has 0 aliphatic carbocycles. The summed E-state index contributed by atoms with van der Waals surface area (Å²) >= 11 is 5.68. The minimum absolute atomic E-state index is 0.178. The van der Waals surface area contributed by atoms with E-state index in [9.17, 15) is 13.2 Å². The standard InChI is InChI=1S/C8H10ClN.C8H9NO3S.C7H16/c9-8-3-1-7(2-4-8)5-6-10;1-13(11,12)7-4-2-6(3-5-7)8(9)10;1-4-6-7(3)5-2/h1-4H,5-6,10H2;2-5H,1H3,(H2,9,10);7H,4-6H2,1-3H3/t;;7-/m..1/s1. The van der Waals surface area contributed by atoms with E-state index in [-0.39, 0.29) is 4.90 Å². The van der Waals surface area contributed by atoms with Gasteiger partial charge in [0.05, 0.1) is 4.90 Å². The van der Waals surface area contributed by atoms with Gasteiger partial charge in [0.2, 0.25) is 5.91 Å². The number of hydrogen-bond acceptors (Lipinski definition) is 4. The van der Waals surface area contributed by atoms with Crippen LogP contribution in [0.1, 0.15) is 56.0 Å². The molecule has 0 saturated heterocycles. The van der Waals surface area contributed by atoms with Crippen molar-refractivity contribution in [2.45, 2.75) is 51.3 Å². The lowest BCUT2D eigenvalue weighted by Crippen LogP contribution is -2.10. The minimum Gasteiger partial charge on any atom is -0.366 e. The number of amides is 1. The highest BCUT2D eigenvalue weighted by atomic mass is 35.5. The summed E-state index contributed by atoms with van der Waals surface area (Å²) in [5, 5.41) is 0.778. The fourth-order valence-corrected chi connectivity index (χ4v) is 3.14. The van der Waals surface area contributed by atoms with Crippen molar-refractivity contribution in [3.63, 3.8) is 0 Å². The van der Waals surface area contributed by atoms with Crippen molar-refractivity contribution in [2.24, 2.45) is 17.4 Å². The minimum atomic E-state index is -3.20. The van der Waals surface area contributed by atoms with Crippen LogP contribution in [0.25, 0.3) is 0 Å². The summed E-state index contributed by atoms with van der Waals surface area (Å²) < 4.78 is 22.0. The second kappa shape index (κ2) is 15.0. The summed E-state index contributed by atoms with van der Waals surface area (Å²) in [5.74, 6) is 0.380. The number of nitrogens with two attached hydrogens (primary N) is 2. The molecule has 30 heavy (non-hydrogen) atoms. The van der Waals surface area contributed by atoms with Crippen LogP contribution in [0, 0.1) is 5.92 Å². The first kappa shape index (κ1) is 28.1. The predicted octanol–water partition coefficient (Wildman–Crippen LogP) is 4.86. The number of halogens is 1. The molecule has 7 heteroatoms. The van der Waals surface area contributed by atoms with Gasteiger partial charge in [0.1, 0.15) is 0 Å². The van der Waals surface area contributed by atoms with Gasteiger partial charge in [-0.1, -0.05) is 63.8 Å². The molecule has 0 aliphatic heterocycles. The van der Waals surface area contributed by atoms with Gasteiger partial charge < -0.3 is 11.5 Å². The number of rotatable bonds is 7. The van der Waals surface area contributed by atoms with Crippen LogP contribution in [0.5, 0.6) is 0 Å². The van der Waals surface area contributed by atoms with Crippen molar-refractivity contribution < 1.29 is 13.2 Å². The van der Waals surface area contributed by atoms with Crippen LogP contribution in [0.2, 0.25) is 5.02 Å². The van der Waals surface area contributed by atoms with E-state index in [0.29, 0.717) is 12.1 Å². The van der Waals surface area contributed by atoms with Crippen LogP contribution in [0.3, 0.4) is 0 Å². The van der Waals surface area contributed by atoms with Gasteiger partial charge in [0.25, 0.3) is 0 Å². The van der Waals surface area contributed by atoms with E-state index in [1.807, 2.05) is 24.3 Å². The molecule has 1 atom stereocenters. The van der Waals surface area contributed by atoms with Crippen molar-refractivity contribution in [3.05, 3.63) is 64.7 Å². The Hall–Kier alpha value is -1.89. The largest absolute Gasteiger partial charge is 0.366 e. The number of sulfone groups is 1. The normalized spacial score (nSPS) is 11.4. The molecule has 0 bridgehead atoms. The Morgan fingerprint density at radius 2 is 1.57 bits per heavy atom. The van der Waals surface area contributed by atoms with Crippen molar-refractivity contribution in [1.82, 2.24) is 0 Å². The Balaban J connectivity index is 0.000000442. The molecule has 2 aromatic rings. The van der Waals surface area contributed by atoms with Gasteiger partial charge in [0, 0.05) is 16.8 Å². The van der Waals surface area contributed by atoms with Crippen molar-refractivity contribution >= 4 is 27.3 Å². The number of benzene rings is 2. The van der Waals surface area contributed by atoms with Gasteiger partial charge in [-0.15, -0.1) is 0 Å². The van der Waals surface area contributed by atoms with Crippen LogP contribution in [0.15, 0.2) is 53.4 Å². The number of primary amides is 1. The lowest BCUT2D eigenvalue weighted by atomic mass is 10.0. The van der Waals surface area contributed by atoms with Crippen LogP contribution < -0.4 is 11.5 Å². The highest BCUT2D eigenvalue weighted by molar-refractivity contribution is 7.90. The van der Waals surface area contributed by atoms with Crippen LogP contribution in [-0.2, 0) is 16.3 Å². The summed E-state index contributed by atoms with van der Waals surface area (Å²) in [6.45, 7) is 7.50. The Labute approximate surface area is 186 Å². The lowest BCUT2D eigenvalue weighted by molar-refractivity contribution is 0.1000. The van der Waals surface area contributed by atoms with Crippen molar-refractivity contribution in [1.29, 1.82) is 0 Å². The van der Waals surface area contributed by atoms with Gasteiger partial charge in [-0.25, -0.2) is 8.42 Å². The molecule has 5 nitrogen and oxygen atoms in total. The topological polar surface area (TPSA) is 103 Å². The molecule has 2 rings (SSSR count). The summed E-state index contributed by atoms with van der Waals surface area (Å²) in [4.78, 5) is 10.8. The molecule has 0 aliphatic rings. The Morgan fingerprint density at radius 3 is 1.90 bits per heavy atom. The maximum absolute atomic E-state index is 11.0. The van der Waals surface area contributed by atoms with Crippen LogP contribution >= 0.6 is 11.6 Å². The third-order valence-corrected chi connectivity index (χ3v) is 5.77. The number of carbonyl (C=O) groups excluding carboxylic acids is 1. The summed E-state index contributed by atoms with van der Waals surface area (Å²) in [5.41, 5.74) is 11.9. The third kappa shape index (κ3) is 12.6. The first-order valence-electron chi connectivity index (χ1n) is 10.1. The molecule has 0 unspecified atom stereocenters. The fourth-order valence-electron chi connectivity index (χ4n) is 2.38. The first-order chi connectivity index (χ1) is 14.0. The van der Waals surface area contributed by atoms with E-state index >= 15 is 0 Å². The molecule has 2 aromatic carbocycles. The summed E-state index contributed by atoms with van der Waals surface area (Å²) in [7, 11) is -3.20. The second-order valence-corrected chi connectivity index (χ2v) is 9.58. The molecule has 1 amide bonds. The molecule has 0 saturated carbocycles. The van der Waals surface area contributed by atoms with Crippen molar-refractivity contribution in [2.75, 3.05) is 12.8 Å². The highest BCUT2D eigenvalue weighted by Crippen LogP contribution is 2.10. The SMILES string of the molecule is CCC[C@H](C)CC.CS(=O)(=O)c1ccc(C(N)=O)cc1.NCCc1ccc(Cl)cc1. The zero-order chi connectivity index (χ0) is 23.2. The van der Waals surface area contributed by atoms with Crippen LogP contribution in [0.4, 0.5) is 0 Å². The van der Waals surface area contributed by atoms with Gasteiger partial charge in [-0.2, -0.15) is 0 Å². The van der Waals surface area contributed by atoms with E-state index in [4.69, 9.17) is 23.1 Å². The molecule has 0 fully saturated rings. The average Bonchev–Trinajstić information content (AvgIpc) is 2.70. The Kier molecular flexibility index (Phi) is 14.0. The van der Waals surface area contributed by atoms with Crippen LogP contribution in [-0.4, -0.2) is 27.1 Å². The van der Waals surface area contributed by atoms with Gasteiger partial charge in [0.15, 0.2) is 9.84 Å². The van der Waals surface area contributed by atoms with Gasteiger partial charge in [-0.3, -0.25) is 4.79 Å². The maximum atomic E-state index is 11.0. The van der Waals surface area contributed by atoms with E-state index < -0.39 is 15.7 Å². The van der Waals surface area contributed by atoms with E-state index in [1.54, 1.807) is 0 Å². The van der Waals surface area contributed by atoms with E-state index in [1.165, 1.54) is 49.1 Å². The fraction of sp³-hybridized carbons (Fsp3) is 0.435. The molecule has 4 N–H and O–H groups in total. The lowest BCUT2D eigenvalue weighted by Gasteiger charge is -2.02. The maximum Gasteiger partial charge on any atom is 0.248 e. The monoisotopic (exact) mass is 454 g/mol. The molecule has 0 aromatic heterocycles. The zero-order valence-corrected chi connectivity index (χ0v) is 20.0. The molecule has 0 spiro atoms. The molecular formula is C23H35ClN2O3S. The quantitative estimate of drug-likeness (QED) is 0.623. The van der Waals surface area contributed by atoms with Gasteiger partial charge >= 0.3 is 0 Å². The highest BCUT2D eigenvalue weighted by Gasteiger charge is 2.07. The van der Waals surface area contributed by atoms with Gasteiger partial charge in [-0.05, 0) is 60.8 Å². The smallest absolute Gasteiger partial charge is 0.248 e. The van der Waals surface area contributed by atoms with Crippen molar-refractivity contribution in [3.8, 4) is 0 Å². The van der Waals surface area contributed by atoms with E-state index in [0.717, 1.165) is 23.6 Å². The molecule has 168 valence electrons. The molecule has 0 radical (unpaired) electrons. The Morgan fingerprint density at radius 1 is 1.03 bits per heavy atom. The average molecular weight is 455 g/mol. The number of carbonyl (C=O) groups is 1. The first-order valence-corrected chi connectivity index (χ1v) is 12.4. The zero-order valence-electron chi connectivity index (χ0n) is 18.4. The third-order valence-electron chi connectivity index (χ3n) is 4.39.